The third-order valence-corrected chi connectivity index (χ3v) is 8.50. The Bertz CT molecular complexity index is 1270. The SMILES string of the molecule is Cc1cc(Nc2ncc(C)c(Nc3ccccc3P(C)(C)=O)n2)ccc1N1CC2(CC(N)C2)C1. The van der Waals surface area contributed by atoms with Crippen LogP contribution in [0.4, 0.5) is 28.8 Å². The maximum atomic E-state index is 12.7. The van der Waals surface area contributed by atoms with Crippen molar-refractivity contribution < 1.29 is 4.57 Å². The van der Waals surface area contributed by atoms with Crippen LogP contribution in [0.25, 0.3) is 0 Å². The number of anilines is 5. The first-order valence-electron chi connectivity index (χ1n) is 11.8. The Morgan fingerprint density at radius 1 is 1.06 bits per heavy atom. The lowest BCUT2D eigenvalue weighted by atomic mass is 9.61. The van der Waals surface area contributed by atoms with Crippen molar-refractivity contribution in [2.45, 2.75) is 32.7 Å². The summed E-state index contributed by atoms with van der Waals surface area (Å²) >= 11 is 0. The second-order valence-corrected chi connectivity index (χ2v) is 13.6. The molecular formula is C26H33N6OP. The summed E-state index contributed by atoms with van der Waals surface area (Å²) in [5, 5.41) is 7.52. The molecule has 1 saturated carbocycles. The molecule has 0 radical (unpaired) electrons. The average Bonchev–Trinajstić information content (AvgIpc) is 2.72. The molecule has 7 nitrogen and oxygen atoms in total. The quantitative estimate of drug-likeness (QED) is 0.442. The zero-order valence-corrected chi connectivity index (χ0v) is 21.2. The molecule has 1 saturated heterocycles. The molecule has 5 rings (SSSR count). The van der Waals surface area contributed by atoms with Gasteiger partial charge in [0.25, 0.3) is 0 Å². The van der Waals surface area contributed by atoms with Crippen LogP contribution in [0.3, 0.4) is 0 Å². The van der Waals surface area contributed by atoms with E-state index in [9.17, 15) is 4.57 Å². The highest BCUT2D eigenvalue weighted by Crippen LogP contribution is 2.49. The van der Waals surface area contributed by atoms with Gasteiger partial charge in [0, 0.05) is 53.0 Å². The number of hydrogen-bond acceptors (Lipinski definition) is 7. The number of aryl methyl sites for hydroxylation is 2. The van der Waals surface area contributed by atoms with E-state index in [1.165, 1.54) is 11.3 Å². The van der Waals surface area contributed by atoms with Crippen molar-refractivity contribution in [3.8, 4) is 0 Å². The van der Waals surface area contributed by atoms with Crippen LogP contribution in [-0.2, 0) is 4.57 Å². The number of nitrogens with one attached hydrogen (secondary N) is 2. The van der Waals surface area contributed by atoms with E-state index in [0.29, 0.717) is 23.2 Å². The molecule has 34 heavy (non-hydrogen) atoms. The van der Waals surface area contributed by atoms with Crippen LogP contribution in [0.15, 0.2) is 48.7 Å². The smallest absolute Gasteiger partial charge is 0.229 e. The highest BCUT2D eigenvalue weighted by Gasteiger charge is 2.51. The standard InChI is InChI=1S/C26H33N6OP/c1-17-11-20(9-10-22(17)32-15-26(16-32)12-19(27)13-26)29-25-28-14-18(2)24(31-25)30-21-7-5-6-8-23(21)34(3,4)33/h5-11,14,19H,12-13,15-16,27H2,1-4H3,(H2,28,29,30,31). The monoisotopic (exact) mass is 476 g/mol. The van der Waals surface area contributed by atoms with Crippen molar-refractivity contribution in [1.82, 2.24) is 9.97 Å². The number of nitrogens with zero attached hydrogens (tertiary/aromatic N) is 3. The predicted molar refractivity (Wildman–Crippen MR) is 142 cm³/mol. The second-order valence-electron chi connectivity index (χ2n) is 10.4. The van der Waals surface area contributed by atoms with Crippen LogP contribution < -0.4 is 26.6 Å². The van der Waals surface area contributed by atoms with Gasteiger partial charge in [0.05, 0.1) is 5.69 Å². The van der Waals surface area contributed by atoms with Gasteiger partial charge >= 0.3 is 0 Å². The van der Waals surface area contributed by atoms with Crippen molar-refractivity contribution in [3.63, 3.8) is 0 Å². The molecule has 2 aromatic carbocycles. The number of aromatic nitrogens is 2. The average molecular weight is 477 g/mol. The van der Waals surface area contributed by atoms with Crippen LogP contribution >= 0.6 is 7.14 Å². The van der Waals surface area contributed by atoms with Crippen molar-refractivity contribution >= 4 is 41.3 Å². The molecule has 2 aliphatic rings. The van der Waals surface area contributed by atoms with Crippen LogP contribution in [0.1, 0.15) is 24.0 Å². The maximum Gasteiger partial charge on any atom is 0.229 e. The van der Waals surface area contributed by atoms with Gasteiger partial charge in [-0.2, -0.15) is 4.98 Å². The topological polar surface area (TPSA) is 96.2 Å². The molecule has 2 fully saturated rings. The number of para-hydroxylation sites is 1. The number of nitrogens with two attached hydrogens (primary N) is 1. The summed E-state index contributed by atoms with van der Waals surface area (Å²) < 4.78 is 12.7. The summed E-state index contributed by atoms with van der Waals surface area (Å²) in [6, 6.07) is 14.5. The van der Waals surface area contributed by atoms with Gasteiger partial charge in [0.15, 0.2) is 0 Å². The zero-order chi connectivity index (χ0) is 24.1. The Kier molecular flexibility index (Phi) is 5.65. The number of rotatable bonds is 6. The van der Waals surface area contributed by atoms with Gasteiger partial charge in [-0.3, -0.25) is 0 Å². The molecule has 1 aliphatic heterocycles. The molecule has 0 bridgehead atoms. The summed E-state index contributed by atoms with van der Waals surface area (Å²) in [7, 11) is -2.43. The third-order valence-electron chi connectivity index (χ3n) is 6.95. The van der Waals surface area contributed by atoms with E-state index in [2.05, 4.69) is 45.6 Å². The Morgan fingerprint density at radius 2 is 1.79 bits per heavy atom. The summed E-state index contributed by atoms with van der Waals surface area (Å²) in [6.07, 6.45) is 4.10. The van der Waals surface area contributed by atoms with E-state index in [1.807, 2.05) is 31.2 Å². The first-order valence-corrected chi connectivity index (χ1v) is 14.4. The van der Waals surface area contributed by atoms with Crippen LogP contribution in [0, 0.1) is 19.3 Å². The maximum absolute atomic E-state index is 12.7. The third kappa shape index (κ3) is 4.42. The Balaban J connectivity index is 1.31. The van der Waals surface area contributed by atoms with E-state index in [1.54, 1.807) is 19.5 Å². The summed E-state index contributed by atoms with van der Waals surface area (Å²) in [6.45, 7) is 9.87. The molecule has 0 unspecified atom stereocenters. The first-order chi connectivity index (χ1) is 16.1. The van der Waals surface area contributed by atoms with E-state index >= 15 is 0 Å². The van der Waals surface area contributed by atoms with E-state index in [0.717, 1.165) is 48.2 Å². The molecule has 2 heterocycles. The Hall–Kier alpha value is -2.89. The van der Waals surface area contributed by atoms with Crippen molar-refractivity contribution in [1.29, 1.82) is 0 Å². The lowest BCUT2D eigenvalue weighted by Gasteiger charge is -2.59. The van der Waals surface area contributed by atoms with Gasteiger partial charge in [0.1, 0.15) is 13.0 Å². The molecule has 4 N–H and O–H groups in total. The molecule has 0 amide bonds. The van der Waals surface area contributed by atoms with Gasteiger partial charge in [-0.25, -0.2) is 4.98 Å². The fourth-order valence-corrected chi connectivity index (χ4v) is 6.42. The minimum Gasteiger partial charge on any atom is -0.370 e. The highest BCUT2D eigenvalue weighted by atomic mass is 31.2. The molecule has 1 aliphatic carbocycles. The zero-order valence-electron chi connectivity index (χ0n) is 20.3. The van der Waals surface area contributed by atoms with Crippen LogP contribution in [0.2, 0.25) is 0 Å². The van der Waals surface area contributed by atoms with Gasteiger partial charge < -0.3 is 25.8 Å². The highest BCUT2D eigenvalue weighted by molar-refractivity contribution is 7.70. The van der Waals surface area contributed by atoms with Crippen molar-refractivity contribution in [2.75, 3.05) is 42.0 Å². The first kappa shape index (κ1) is 22.9. The van der Waals surface area contributed by atoms with E-state index in [-0.39, 0.29) is 0 Å². The van der Waals surface area contributed by atoms with E-state index < -0.39 is 7.14 Å². The van der Waals surface area contributed by atoms with Gasteiger partial charge in [-0.05, 0) is 75.9 Å². The summed E-state index contributed by atoms with van der Waals surface area (Å²) in [5.74, 6) is 1.21. The number of benzene rings is 2. The molecule has 178 valence electrons. The molecular weight excluding hydrogens is 443 g/mol. The largest absolute Gasteiger partial charge is 0.370 e. The van der Waals surface area contributed by atoms with Gasteiger partial charge in [-0.1, -0.05) is 12.1 Å². The predicted octanol–water partition coefficient (Wildman–Crippen LogP) is 4.76. The molecule has 0 atom stereocenters. The molecule has 1 aromatic heterocycles. The van der Waals surface area contributed by atoms with Crippen molar-refractivity contribution in [2.24, 2.45) is 11.1 Å². The van der Waals surface area contributed by atoms with E-state index in [4.69, 9.17) is 10.7 Å². The lowest BCUT2D eigenvalue weighted by Crippen LogP contribution is -2.65. The number of hydrogen-bond donors (Lipinski definition) is 3. The van der Waals surface area contributed by atoms with Gasteiger partial charge in [0.2, 0.25) is 5.95 Å². The fourth-order valence-electron chi connectivity index (χ4n) is 5.27. The molecule has 8 heteroatoms. The van der Waals surface area contributed by atoms with Gasteiger partial charge in [-0.15, -0.1) is 0 Å². The molecule has 1 spiro atoms. The van der Waals surface area contributed by atoms with Crippen molar-refractivity contribution in [3.05, 3.63) is 59.8 Å². The molecule has 3 aromatic rings. The second kappa shape index (κ2) is 8.40. The van der Waals surface area contributed by atoms with Crippen LogP contribution in [-0.4, -0.2) is 42.4 Å². The Morgan fingerprint density at radius 3 is 2.47 bits per heavy atom. The van der Waals surface area contributed by atoms with Crippen LogP contribution in [0.5, 0.6) is 0 Å². The summed E-state index contributed by atoms with van der Waals surface area (Å²) in [5.41, 5.74) is 11.6. The minimum atomic E-state index is -2.43. The fraction of sp³-hybridized carbons (Fsp3) is 0.385. The Labute approximate surface area is 201 Å². The minimum absolute atomic E-state index is 0.394. The normalized spacial score (nSPS) is 17.3. The summed E-state index contributed by atoms with van der Waals surface area (Å²) in [4.78, 5) is 11.6. The lowest BCUT2D eigenvalue weighted by molar-refractivity contribution is 0.0664.